The predicted octanol–water partition coefficient (Wildman–Crippen LogP) is 6.55. The van der Waals surface area contributed by atoms with Crippen LogP contribution in [0.25, 0.3) is 11.1 Å². The molecule has 0 heterocycles. The third-order valence-electron chi connectivity index (χ3n) is 4.90. The topological polar surface area (TPSA) is 67.4 Å². The molecule has 0 fully saturated rings. The molecule has 0 radical (unpaired) electrons. The molecule has 33 heavy (non-hydrogen) atoms. The summed E-state index contributed by atoms with van der Waals surface area (Å²) in [5, 5.41) is 5.28. The van der Waals surface area contributed by atoms with Crippen molar-refractivity contribution in [2.24, 2.45) is 0 Å². The van der Waals surface area contributed by atoms with Crippen molar-refractivity contribution < 1.29 is 14.3 Å². The number of nitrogens with one attached hydrogen (secondary N) is 2. The first-order chi connectivity index (χ1) is 16.1. The number of hydrogen-bond acceptors (Lipinski definition) is 3. The fraction of sp³-hybridized carbons (Fsp3) is 0.0370. The Morgan fingerprint density at radius 1 is 0.788 bits per heavy atom. The van der Waals surface area contributed by atoms with Gasteiger partial charge in [0.05, 0.1) is 10.6 Å². The van der Waals surface area contributed by atoms with E-state index in [4.69, 9.17) is 16.3 Å². The predicted molar refractivity (Wildman–Crippen MR) is 131 cm³/mol. The number of ether oxygens (including phenoxy) is 1. The lowest BCUT2D eigenvalue weighted by Gasteiger charge is -2.14. The lowest BCUT2D eigenvalue weighted by atomic mass is 10.0. The molecule has 4 aromatic rings. The minimum atomic E-state index is -0.656. The largest absolute Gasteiger partial charge is 0.488 e. The quantitative estimate of drug-likeness (QED) is 0.346. The van der Waals surface area contributed by atoms with Crippen LogP contribution in [0, 0.1) is 0 Å². The number of rotatable bonds is 6. The molecule has 3 amide bonds. The van der Waals surface area contributed by atoms with Gasteiger partial charge in [-0.3, -0.25) is 10.1 Å². The van der Waals surface area contributed by atoms with E-state index >= 15 is 0 Å². The van der Waals surface area contributed by atoms with Crippen molar-refractivity contribution in [3.63, 3.8) is 0 Å². The Kier molecular flexibility index (Phi) is 7.03. The molecule has 0 aliphatic carbocycles. The molecule has 4 aromatic carbocycles. The van der Waals surface area contributed by atoms with Crippen LogP contribution in [-0.4, -0.2) is 11.9 Å². The van der Waals surface area contributed by atoms with E-state index in [9.17, 15) is 9.59 Å². The molecule has 0 bridgehead atoms. The van der Waals surface area contributed by atoms with Crippen LogP contribution in [0.1, 0.15) is 15.9 Å². The maximum atomic E-state index is 12.4. The molecule has 0 atom stereocenters. The van der Waals surface area contributed by atoms with Crippen molar-refractivity contribution in [3.05, 3.63) is 119 Å². The fourth-order valence-corrected chi connectivity index (χ4v) is 3.51. The van der Waals surface area contributed by atoms with Gasteiger partial charge in [-0.2, -0.15) is 0 Å². The van der Waals surface area contributed by atoms with Gasteiger partial charge in [0.15, 0.2) is 0 Å². The van der Waals surface area contributed by atoms with Crippen LogP contribution >= 0.6 is 11.6 Å². The number of anilines is 1. The molecule has 4 rings (SSSR count). The monoisotopic (exact) mass is 456 g/mol. The summed E-state index contributed by atoms with van der Waals surface area (Å²) in [6.07, 6.45) is 0. The lowest BCUT2D eigenvalue weighted by molar-refractivity contribution is 0.0967. The molecule has 0 aromatic heterocycles. The number of imide groups is 1. The van der Waals surface area contributed by atoms with Crippen LogP contribution in [0.4, 0.5) is 10.5 Å². The number of urea groups is 1. The Bertz CT molecular complexity index is 1260. The molecule has 2 N–H and O–H groups in total. The average Bonchev–Trinajstić information content (AvgIpc) is 2.84. The normalized spacial score (nSPS) is 10.3. The molecule has 0 aliphatic rings. The first-order valence-electron chi connectivity index (χ1n) is 10.3. The summed E-state index contributed by atoms with van der Waals surface area (Å²) < 4.78 is 6.08. The Hall–Kier alpha value is -4.09. The number of carbonyl (C=O) groups is 2. The SMILES string of the molecule is O=C(NC(=O)c1ccccc1Cl)Nc1ccc(OCc2ccccc2)c(-c2ccccc2)c1. The first-order valence-corrected chi connectivity index (χ1v) is 10.7. The number of hydrogen-bond donors (Lipinski definition) is 2. The van der Waals surface area contributed by atoms with Crippen molar-refractivity contribution in [2.45, 2.75) is 6.61 Å². The second kappa shape index (κ2) is 10.5. The number of halogens is 1. The molecule has 0 saturated heterocycles. The van der Waals surface area contributed by atoms with E-state index in [1.807, 2.05) is 66.7 Å². The van der Waals surface area contributed by atoms with Gasteiger partial charge in [0.2, 0.25) is 0 Å². The molecule has 0 unspecified atom stereocenters. The van der Waals surface area contributed by atoms with E-state index in [0.29, 0.717) is 18.0 Å². The summed E-state index contributed by atoms with van der Waals surface area (Å²) in [6, 6.07) is 30.9. The number of benzene rings is 4. The highest BCUT2D eigenvalue weighted by Crippen LogP contribution is 2.33. The van der Waals surface area contributed by atoms with E-state index in [1.165, 1.54) is 0 Å². The lowest BCUT2D eigenvalue weighted by Crippen LogP contribution is -2.34. The Labute approximate surface area is 197 Å². The minimum Gasteiger partial charge on any atom is -0.488 e. The van der Waals surface area contributed by atoms with E-state index in [1.54, 1.807) is 36.4 Å². The van der Waals surface area contributed by atoms with Crippen molar-refractivity contribution >= 4 is 29.2 Å². The van der Waals surface area contributed by atoms with Gasteiger partial charge in [-0.1, -0.05) is 84.4 Å². The third kappa shape index (κ3) is 5.79. The maximum Gasteiger partial charge on any atom is 0.326 e. The molecule has 164 valence electrons. The first kappa shape index (κ1) is 22.1. The highest BCUT2D eigenvalue weighted by Gasteiger charge is 2.14. The van der Waals surface area contributed by atoms with E-state index in [-0.39, 0.29) is 10.6 Å². The van der Waals surface area contributed by atoms with Crippen molar-refractivity contribution in [3.8, 4) is 16.9 Å². The molecule has 0 aliphatic heterocycles. The summed E-state index contributed by atoms with van der Waals surface area (Å²) in [5.74, 6) is 0.104. The average molecular weight is 457 g/mol. The standard InChI is InChI=1S/C27H21ClN2O3/c28-24-14-8-7-13-22(24)26(31)30-27(32)29-21-15-16-25(33-18-19-9-3-1-4-10-19)23(17-21)20-11-5-2-6-12-20/h1-17H,18H2,(H2,29,30,31,32). The Balaban J connectivity index is 1.52. The molecule has 5 nitrogen and oxygen atoms in total. The third-order valence-corrected chi connectivity index (χ3v) is 5.23. The van der Waals surface area contributed by atoms with E-state index in [0.717, 1.165) is 16.7 Å². The number of amides is 3. The van der Waals surface area contributed by atoms with Gasteiger partial charge in [-0.05, 0) is 41.5 Å². The van der Waals surface area contributed by atoms with Gasteiger partial charge in [0.1, 0.15) is 12.4 Å². The zero-order valence-corrected chi connectivity index (χ0v) is 18.4. The summed E-state index contributed by atoms with van der Waals surface area (Å²) >= 11 is 6.04. The van der Waals surface area contributed by atoms with Gasteiger partial charge in [-0.25, -0.2) is 4.79 Å². The fourth-order valence-electron chi connectivity index (χ4n) is 3.29. The van der Waals surface area contributed by atoms with Crippen LogP contribution < -0.4 is 15.4 Å². The highest BCUT2D eigenvalue weighted by atomic mass is 35.5. The maximum absolute atomic E-state index is 12.4. The van der Waals surface area contributed by atoms with Crippen LogP contribution in [0.2, 0.25) is 5.02 Å². The van der Waals surface area contributed by atoms with Gasteiger partial charge >= 0.3 is 6.03 Å². The molecule has 6 heteroatoms. The van der Waals surface area contributed by atoms with Crippen LogP contribution in [-0.2, 0) is 6.61 Å². The van der Waals surface area contributed by atoms with Crippen molar-refractivity contribution in [1.29, 1.82) is 0 Å². The van der Waals surface area contributed by atoms with Crippen LogP contribution in [0.5, 0.6) is 5.75 Å². The summed E-state index contributed by atoms with van der Waals surface area (Å²) in [6.45, 7) is 0.417. The van der Waals surface area contributed by atoms with Gasteiger partial charge in [-0.15, -0.1) is 0 Å². The second-order valence-corrected chi connectivity index (χ2v) is 7.65. The minimum absolute atomic E-state index is 0.226. The molecular weight excluding hydrogens is 436 g/mol. The van der Waals surface area contributed by atoms with Crippen molar-refractivity contribution in [2.75, 3.05) is 5.32 Å². The van der Waals surface area contributed by atoms with E-state index in [2.05, 4.69) is 10.6 Å². The molecule has 0 saturated carbocycles. The van der Waals surface area contributed by atoms with Crippen LogP contribution in [0.15, 0.2) is 103 Å². The zero-order valence-electron chi connectivity index (χ0n) is 17.6. The smallest absolute Gasteiger partial charge is 0.326 e. The second-order valence-electron chi connectivity index (χ2n) is 7.24. The van der Waals surface area contributed by atoms with Crippen LogP contribution in [0.3, 0.4) is 0 Å². The van der Waals surface area contributed by atoms with E-state index < -0.39 is 11.9 Å². The zero-order chi connectivity index (χ0) is 23.0. The summed E-state index contributed by atoms with van der Waals surface area (Å²) in [4.78, 5) is 24.8. The Morgan fingerprint density at radius 2 is 1.45 bits per heavy atom. The Morgan fingerprint density at radius 3 is 2.18 bits per heavy atom. The molecule has 0 spiro atoms. The van der Waals surface area contributed by atoms with Gasteiger partial charge < -0.3 is 10.1 Å². The molecular formula is C27H21ClN2O3. The number of carbonyl (C=O) groups excluding carboxylic acids is 2. The van der Waals surface area contributed by atoms with Gasteiger partial charge in [0.25, 0.3) is 5.91 Å². The highest BCUT2D eigenvalue weighted by molar-refractivity contribution is 6.34. The summed E-state index contributed by atoms with van der Waals surface area (Å²) in [7, 11) is 0. The summed E-state index contributed by atoms with van der Waals surface area (Å²) in [5.41, 5.74) is 3.56. The van der Waals surface area contributed by atoms with Gasteiger partial charge in [0, 0.05) is 11.3 Å². The van der Waals surface area contributed by atoms with Crippen molar-refractivity contribution in [1.82, 2.24) is 5.32 Å².